The molecule has 0 N–H and O–H groups in total. The molecule has 1 rings (SSSR count). The predicted molar refractivity (Wildman–Crippen MR) is 57.0 cm³/mol. The highest BCUT2D eigenvalue weighted by molar-refractivity contribution is 8.13. The number of ether oxygens (including phenoxy) is 1. The fourth-order valence-electron chi connectivity index (χ4n) is 1.19. The molecule has 84 valence electrons. The van der Waals surface area contributed by atoms with E-state index >= 15 is 0 Å². The minimum Gasteiger partial charge on any atom is -0.381 e. The van der Waals surface area contributed by atoms with Crippen LogP contribution in [-0.2, 0) is 13.8 Å². The van der Waals surface area contributed by atoms with Gasteiger partial charge in [-0.15, -0.1) is 0 Å². The lowest BCUT2D eigenvalue weighted by molar-refractivity contribution is 0.121. The van der Waals surface area contributed by atoms with Crippen LogP contribution in [-0.4, -0.2) is 27.4 Å². The zero-order chi connectivity index (χ0) is 10.4. The van der Waals surface area contributed by atoms with Crippen LogP contribution < -0.4 is 0 Å². The zero-order valence-corrected chi connectivity index (χ0v) is 9.82. The molecule has 0 aromatic heterocycles. The molecule has 5 heteroatoms. The molecule has 0 amide bonds. The number of halogens is 1. The summed E-state index contributed by atoms with van der Waals surface area (Å²) in [6, 6.07) is 0. The highest BCUT2D eigenvalue weighted by Crippen LogP contribution is 2.28. The third-order valence-electron chi connectivity index (χ3n) is 2.23. The first kappa shape index (κ1) is 12.3. The second kappa shape index (κ2) is 5.93. The first-order valence-corrected chi connectivity index (χ1v) is 7.56. The third-order valence-corrected chi connectivity index (χ3v) is 3.47. The molecule has 0 radical (unpaired) electrons. The van der Waals surface area contributed by atoms with E-state index in [1.165, 1.54) is 12.8 Å². The van der Waals surface area contributed by atoms with Gasteiger partial charge in [0.15, 0.2) is 0 Å². The fourth-order valence-corrected chi connectivity index (χ4v) is 2.07. The van der Waals surface area contributed by atoms with Crippen molar-refractivity contribution in [3.63, 3.8) is 0 Å². The van der Waals surface area contributed by atoms with Gasteiger partial charge in [0.25, 0.3) is 0 Å². The summed E-state index contributed by atoms with van der Waals surface area (Å²) >= 11 is 0. The molecule has 0 aromatic carbocycles. The summed E-state index contributed by atoms with van der Waals surface area (Å²) in [7, 11) is 1.78. The van der Waals surface area contributed by atoms with Crippen molar-refractivity contribution in [3.8, 4) is 0 Å². The molecule has 1 aliphatic carbocycles. The second-order valence-electron chi connectivity index (χ2n) is 3.82. The Bertz CT molecular complexity index is 247. The fraction of sp³-hybridized carbons (Fsp3) is 1.00. The summed E-state index contributed by atoms with van der Waals surface area (Å²) < 4.78 is 26.5. The van der Waals surface area contributed by atoms with Crippen LogP contribution in [0.1, 0.15) is 32.1 Å². The van der Waals surface area contributed by atoms with Crippen LogP contribution in [0.25, 0.3) is 0 Å². The maximum Gasteiger partial charge on any atom is 0.232 e. The molecule has 0 atom stereocenters. The van der Waals surface area contributed by atoms with E-state index in [1.807, 2.05) is 0 Å². The van der Waals surface area contributed by atoms with Gasteiger partial charge in [0.1, 0.15) is 0 Å². The van der Waals surface area contributed by atoms with Crippen LogP contribution in [0.5, 0.6) is 0 Å². The molecule has 0 heterocycles. The van der Waals surface area contributed by atoms with Gasteiger partial charge in [0, 0.05) is 23.9 Å². The van der Waals surface area contributed by atoms with E-state index in [9.17, 15) is 8.42 Å². The van der Waals surface area contributed by atoms with E-state index in [-0.39, 0.29) is 5.75 Å². The molecule has 1 fully saturated rings. The molecular weight excluding hydrogens is 224 g/mol. The Labute approximate surface area is 90.2 Å². The second-order valence-corrected chi connectivity index (χ2v) is 6.72. The molecule has 0 aliphatic heterocycles. The van der Waals surface area contributed by atoms with Crippen molar-refractivity contribution in [1.82, 2.24) is 0 Å². The summed E-state index contributed by atoms with van der Waals surface area (Å²) in [5.41, 5.74) is 0. The van der Waals surface area contributed by atoms with Gasteiger partial charge in [0.05, 0.1) is 5.75 Å². The smallest absolute Gasteiger partial charge is 0.232 e. The van der Waals surface area contributed by atoms with E-state index in [2.05, 4.69) is 0 Å². The van der Waals surface area contributed by atoms with Gasteiger partial charge < -0.3 is 4.74 Å². The lowest BCUT2D eigenvalue weighted by Gasteiger charge is -2.02. The van der Waals surface area contributed by atoms with Gasteiger partial charge in [-0.2, -0.15) is 0 Å². The standard InChI is InChI=1S/C9H17ClO3S/c10-14(11,12)7-3-1-2-6-13-8-9-4-5-9/h9H,1-8H2. The molecule has 0 aromatic rings. The topological polar surface area (TPSA) is 43.4 Å². The Morgan fingerprint density at radius 2 is 1.93 bits per heavy atom. The molecule has 0 unspecified atom stereocenters. The third kappa shape index (κ3) is 7.59. The monoisotopic (exact) mass is 240 g/mol. The highest BCUT2D eigenvalue weighted by atomic mass is 35.7. The summed E-state index contributed by atoms with van der Waals surface area (Å²) in [5, 5.41) is 0. The van der Waals surface area contributed by atoms with Crippen molar-refractivity contribution in [2.24, 2.45) is 5.92 Å². The maximum absolute atomic E-state index is 10.6. The molecule has 0 bridgehead atoms. The van der Waals surface area contributed by atoms with Gasteiger partial charge in [-0.3, -0.25) is 0 Å². The number of hydrogen-bond donors (Lipinski definition) is 0. The zero-order valence-electron chi connectivity index (χ0n) is 8.25. The summed E-state index contributed by atoms with van der Waals surface area (Å²) in [5.74, 6) is 0.884. The van der Waals surface area contributed by atoms with Crippen molar-refractivity contribution in [3.05, 3.63) is 0 Å². The minimum atomic E-state index is -3.29. The highest BCUT2D eigenvalue weighted by Gasteiger charge is 2.20. The quantitative estimate of drug-likeness (QED) is 0.482. The van der Waals surface area contributed by atoms with E-state index in [4.69, 9.17) is 15.4 Å². The molecule has 3 nitrogen and oxygen atoms in total. The van der Waals surface area contributed by atoms with Crippen molar-refractivity contribution in [1.29, 1.82) is 0 Å². The van der Waals surface area contributed by atoms with Crippen molar-refractivity contribution in [2.45, 2.75) is 32.1 Å². The normalized spacial score (nSPS) is 17.2. The minimum absolute atomic E-state index is 0.0805. The van der Waals surface area contributed by atoms with Crippen molar-refractivity contribution < 1.29 is 13.2 Å². The van der Waals surface area contributed by atoms with Crippen LogP contribution >= 0.6 is 10.7 Å². The van der Waals surface area contributed by atoms with Gasteiger partial charge in [0.2, 0.25) is 9.05 Å². The van der Waals surface area contributed by atoms with E-state index < -0.39 is 9.05 Å². The predicted octanol–water partition coefficient (Wildman–Crippen LogP) is 2.15. The molecule has 0 saturated heterocycles. The molecule has 14 heavy (non-hydrogen) atoms. The number of hydrogen-bond acceptors (Lipinski definition) is 3. The van der Waals surface area contributed by atoms with Gasteiger partial charge in [-0.05, 0) is 31.6 Å². The lowest BCUT2D eigenvalue weighted by atomic mass is 10.3. The van der Waals surface area contributed by atoms with E-state index in [1.54, 1.807) is 0 Å². The average molecular weight is 241 g/mol. The molecule has 1 saturated carbocycles. The number of unbranched alkanes of at least 4 members (excludes halogenated alkanes) is 2. The Balaban J connectivity index is 1.79. The Hall–Kier alpha value is 0.200. The first-order chi connectivity index (χ1) is 6.58. The molecule has 0 spiro atoms. The first-order valence-electron chi connectivity index (χ1n) is 5.08. The van der Waals surface area contributed by atoms with Crippen LogP contribution in [0.3, 0.4) is 0 Å². The van der Waals surface area contributed by atoms with Crippen LogP contribution in [0, 0.1) is 5.92 Å². The number of rotatable bonds is 8. The summed E-state index contributed by atoms with van der Waals surface area (Å²) in [6.07, 6.45) is 5.06. The van der Waals surface area contributed by atoms with Crippen LogP contribution in [0.2, 0.25) is 0 Å². The Morgan fingerprint density at radius 1 is 1.21 bits per heavy atom. The maximum atomic E-state index is 10.6. The van der Waals surface area contributed by atoms with Crippen LogP contribution in [0.4, 0.5) is 0 Å². The Morgan fingerprint density at radius 3 is 2.50 bits per heavy atom. The van der Waals surface area contributed by atoms with Gasteiger partial charge in [-0.25, -0.2) is 8.42 Å². The molecule has 1 aliphatic rings. The summed E-state index contributed by atoms with van der Waals surface area (Å²) in [4.78, 5) is 0. The average Bonchev–Trinajstić information content (AvgIpc) is 2.84. The van der Waals surface area contributed by atoms with E-state index in [0.717, 1.165) is 32.0 Å². The largest absolute Gasteiger partial charge is 0.381 e. The van der Waals surface area contributed by atoms with Crippen molar-refractivity contribution in [2.75, 3.05) is 19.0 Å². The lowest BCUT2D eigenvalue weighted by Crippen LogP contribution is -2.00. The SMILES string of the molecule is O=S(=O)(Cl)CCCCCOCC1CC1. The Kier molecular flexibility index (Phi) is 5.20. The van der Waals surface area contributed by atoms with E-state index in [0.29, 0.717) is 6.42 Å². The summed E-state index contributed by atoms with van der Waals surface area (Å²) in [6.45, 7) is 1.63. The molecular formula is C9H17ClO3S. The van der Waals surface area contributed by atoms with Crippen molar-refractivity contribution >= 4 is 19.7 Å². The van der Waals surface area contributed by atoms with Crippen LogP contribution in [0.15, 0.2) is 0 Å². The van der Waals surface area contributed by atoms with Gasteiger partial charge in [-0.1, -0.05) is 6.42 Å². The van der Waals surface area contributed by atoms with Gasteiger partial charge >= 0.3 is 0 Å².